The molecule has 0 saturated heterocycles. The van der Waals surface area contributed by atoms with E-state index in [2.05, 4.69) is 30.5 Å². The van der Waals surface area contributed by atoms with Crippen LogP contribution in [0.1, 0.15) is 18.8 Å². The predicted octanol–water partition coefficient (Wildman–Crippen LogP) is 2.03. The molecule has 4 rings (SSSR count). The van der Waals surface area contributed by atoms with Gasteiger partial charge < -0.3 is 16.8 Å². The number of H-pyrrole nitrogens is 1. The minimum absolute atomic E-state index is 0.00657. The molecule has 3 aromatic heterocycles. The number of benzene rings is 1. The summed E-state index contributed by atoms with van der Waals surface area (Å²) < 4.78 is 15.5. The number of hydrogen-bond acceptors (Lipinski definition) is 8. The van der Waals surface area contributed by atoms with E-state index in [4.69, 9.17) is 23.1 Å². The number of nitrogens with zero attached hydrogens (tertiary/aromatic N) is 5. The Hall–Kier alpha value is -3.73. The highest BCUT2D eigenvalue weighted by molar-refractivity contribution is 6.35. The Balaban J connectivity index is 1.91. The molecule has 0 spiro atoms. The van der Waals surface area contributed by atoms with Crippen molar-refractivity contribution in [3.05, 3.63) is 57.5 Å². The van der Waals surface area contributed by atoms with Crippen LogP contribution < -0.4 is 22.3 Å². The van der Waals surface area contributed by atoms with Gasteiger partial charge in [0.15, 0.2) is 11.6 Å². The van der Waals surface area contributed by atoms with Crippen LogP contribution in [0.25, 0.3) is 16.7 Å². The van der Waals surface area contributed by atoms with Gasteiger partial charge in [0.1, 0.15) is 27.9 Å². The Morgan fingerprint density at radius 2 is 2.03 bits per heavy atom. The Bertz CT molecular complexity index is 1270. The van der Waals surface area contributed by atoms with E-state index >= 15 is 0 Å². The van der Waals surface area contributed by atoms with Gasteiger partial charge in [0, 0.05) is 12.3 Å². The Morgan fingerprint density at radius 3 is 2.76 bits per heavy atom. The van der Waals surface area contributed by atoms with Crippen molar-refractivity contribution in [1.82, 2.24) is 29.7 Å². The summed E-state index contributed by atoms with van der Waals surface area (Å²) >= 11 is 6.16. The van der Waals surface area contributed by atoms with Gasteiger partial charge >= 0.3 is 0 Å². The normalized spacial score (nSPS) is 12.2. The molecular weight excluding hydrogens is 401 g/mol. The van der Waals surface area contributed by atoms with Crippen LogP contribution in [-0.4, -0.2) is 29.7 Å². The van der Waals surface area contributed by atoms with Crippen molar-refractivity contribution in [2.75, 3.05) is 16.8 Å². The molecule has 0 amide bonds. The largest absolute Gasteiger partial charge is 0.382 e. The first kappa shape index (κ1) is 18.6. The molecule has 1 unspecified atom stereocenters. The van der Waals surface area contributed by atoms with Gasteiger partial charge in [0.2, 0.25) is 5.95 Å². The maximum absolute atomic E-state index is 14.3. The molecule has 10 nitrogen and oxygen atoms in total. The highest BCUT2D eigenvalue weighted by Gasteiger charge is 2.22. The molecule has 3 heterocycles. The van der Waals surface area contributed by atoms with E-state index in [-0.39, 0.29) is 45.2 Å². The van der Waals surface area contributed by atoms with E-state index in [1.54, 1.807) is 19.1 Å². The van der Waals surface area contributed by atoms with Gasteiger partial charge in [0.05, 0.1) is 11.6 Å². The molecule has 0 radical (unpaired) electrons. The van der Waals surface area contributed by atoms with Crippen molar-refractivity contribution in [1.29, 1.82) is 0 Å². The average Bonchev–Trinajstić information content (AvgIpc) is 3.19. The topological polar surface area (TPSA) is 153 Å². The standard InChI is InChI=1S/C17H15ClFN9O/c1-7(23-14-12(18)13(20)25-17(21)26-14)15-24-9-4-2-3-8(19)11(9)16(29)28(15)10-5-6-22-27-10/h2-7H,1H3,(H,22,27)(H5,20,21,23,25,26). The second-order valence-corrected chi connectivity index (χ2v) is 6.55. The molecule has 148 valence electrons. The molecule has 12 heteroatoms. The van der Waals surface area contributed by atoms with Crippen LogP contribution in [0.3, 0.4) is 0 Å². The lowest BCUT2D eigenvalue weighted by Crippen LogP contribution is -2.28. The quantitative estimate of drug-likeness (QED) is 0.394. The number of hydrogen-bond donors (Lipinski definition) is 4. The van der Waals surface area contributed by atoms with E-state index in [9.17, 15) is 9.18 Å². The second-order valence-electron chi connectivity index (χ2n) is 6.17. The number of halogens is 2. The van der Waals surface area contributed by atoms with E-state index in [1.807, 2.05) is 0 Å². The van der Waals surface area contributed by atoms with Crippen molar-refractivity contribution in [2.45, 2.75) is 13.0 Å². The van der Waals surface area contributed by atoms with Crippen LogP contribution in [-0.2, 0) is 0 Å². The lowest BCUT2D eigenvalue weighted by Gasteiger charge is -2.19. The fourth-order valence-corrected chi connectivity index (χ4v) is 3.08. The van der Waals surface area contributed by atoms with Crippen molar-refractivity contribution in [3.8, 4) is 5.82 Å². The van der Waals surface area contributed by atoms with Crippen LogP contribution in [0.15, 0.2) is 35.3 Å². The first-order valence-corrected chi connectivity index (χ1v) is 8.81. The molecule has 0 bridgehead atoms. The summed E-state index contributed by atoms with van der Waals surface area (Å²) in [4.78, 5) is 25.4. The minimum atomic E-state index is -0.671. The Morgan fingerprint density at radius 1 is 1.24 bits per heavy atom. The first-order valence-electron chi connectivity index (χ1n) is 8.43. The molecule has 0 fully saturated rings. The van der Waals surface area contributed by atoms with Crippen molar-refractivity contribution >= 4 is 40.1 Å². The average molecular weight is 416 g/mol. The predicted molar refractivity (Wildman–Crippen MR) is 107 cm³/mol. The fraction of sp³-hybridized carbons (Fsp3) is 0.118. The number of aromatic amines is 1. The van der Waals surface area contributed by atoms with Gasteiger partial charge in [0.25, 0.3) is 5.56 Å². The van der Waals surface area contributed by atoms with E-state index in [1.165, 1.54) is 22.9 Å². The van der Waals surface area contributed by atoms with Crippen LogP contribution in [0, 0.1) is 5.82 Å². The number of aromatic nitrogens is 6. The molecular formula is C17H15ClFN9O. The monoisotopic (exact) mass is 415 g/mol. The number of nitrogens with one attached hydrogen (secondary N) is 2. The van der Waals surface area contributed by atoms with Crippen LogP contribution in [0.2, 0.25) is 5.02 Å². The second kappa shape index (κ2) is 7.02. The zero-order chi connectivity index (χ0) is 20.7. The van der Waals surface area contributed by atoms with Crippen molar-refractivity contribution in [3.63, 3.8) is 0 Å². The lowest BCUT2D eigenvalue weighted by molar-refractivity contribution is 0.634. The van der Waals surface area contributed by atoms with E-state index < -0.39 is 17.4 Å². The van der Waals surface area contributed by atoms with Gasteiger partial charge in [-0.2, -0.15) is 15.1 Å². The van der Waals surface area contributed by atoms with Gasteiger partial charge in [-0.15, -0.1) is 0 Å². The SMILES string of the molecule is CC(Nc1nc(N)nc(N)c1Cl)c1nc2cccc(F)c2c(=O)n1-c1cc[nH]n1. The van der Waals surface area contributed by atoms with Gasteiger partial charge in [-0.3, -0.25) is 9.89 Å². The maximum Gasteiger partial charge on any atom is 0.270 e. The smallest absolute Gasteiger partial charge is 0.270 e. The number of rotatable bonds is 4. The number of fused-ring (bicyclic) bond motifs is 1. The zero-order valence-corrected chi connectivity index (χ0v) is 15.8. The van der Waals surface area contributed by atoms with E-state index in [0.29, 0.717) is 0 Å². The van der Waals surface area contributed by atoms with Crippen molar-refractivity contribution in [2.24, 2.45) is 0 Å². The zero-order valence-electron chi connectivity index (χ0n) is 15.0. The Kier molecular flexibility index (Phi) is 4.51. The van der Waals surface area contributed by atoms with Crippen LogP contribution in [0.4, 0.5) is 22.0 Å². The van der Waals surface area contributed by atoms with Crippen LogP contribution in [0.5, 0.6) is 0 Å². The fourth-order valence-electron chi connectivity index (χ4n) is 2.94. The molecule has 4 aromatic rings. The third-order valence-corrected chi connectivity index (χ3v) is 4.60. The summed E-state index contributed by atoms with van der Waals surface area (Å²) in [6.45, 7) is 1.72. The van der Waals surface area contributed by atoms with Crippen molar-refractivity contribution < 1.29 is 4.39 Å². The molecule has 0 aliphatic carbocycles. The third kappa shape index (κ3) is 3.21. The highest BCUT2D eigenvalue weighted by Crippen LogP contribution is 2.29. The minimum Gasteiger partial charge on any atom is -0.382 e. The summed E-state index contributed by atoms with van der Waals surface area (Å²) in [5.74, 6) is -0.0507. The lowest BCUT2D eigenvalue weighted by atomic mass is 10.2. The summed E-state index contributed by atoms with van der Waals surface area (Å²) in [5.41, 5.74) is 11.0. The molecule has 0 aliphatic rings. The van der Waals surface area contributed by atoms with E-state index in [0.717, 1.165) is 0 Å². The summed E-state index contributed by atoms with van der Waals surface area (Å²) in [5, 5.41) is 9.62. The molecule has 0 aliphatic heterocycles. The first-order chi connectivity index (χ1) is 13.9. The number of nitrogen functional groups attached to an aromatic ring is 2. The highest BCUT2D eigenvalue weighted by atomic mass is 35.5. The van der Waals surface area contributed by atoms with Crippen LogP contribution >= 0.6 is 11.6 Å². The molecule has 1 atom stereocenters. The molecule has 29 heavy (non-hydrogen) atoms. The van der Waals surface area contributed by atoms with Gasteiger partial charge in [-0.1, -0.05) is 17.7 Å². The van der Waals surface area contributed by atoms with Gasteiger partial charge in [-0.25, -0.2) is 13.9 Å². The third-order valence-electron chi connectivity index (χ3n) is 4.22. The number of anilines is 3. The summed E-state index contributed by atoms with van der Waals surface area (Å²) in [6, 6.07) is 5.19. The molecule has 1 aromatic carbocycles. The summed E-state index contributed by atoms with van der Waals surface area (Å²) in [6.07, 6.45) is 1.54. The van der Waals surface area contributed by atoms with Gasteiger partial charge in [-0.05, 0) is 19.1 Å². The Labute approximate surface area is 167 Å². The maximum atomic E-state index is 14.3. The molecule has 6 N–H and O–H groups in total. The number of nitrogens with two attached hydrogens (primary N) is 2. The summed E-state index contributed by atoms with van der Waals surface area (Å²) in [7, 11) is 0. The molecule has 0 saturated carbocycles.